The van der Waals surface area contributed by atoms with Crippen LogP contribution in [0, 0.1) is 11.6 Å². The second-order valence-corrected chi connectivity index (χ2v) is 3.44. The molecule has 1 N–H and O–H groups in total. The Balaban J connectivity index is 0.00000144. The van der Waals surface area contributed by atoms with E-state index in [-0.39, 0.29) is 12.4 Å². The molecule has 0 radical (unpaired) electrons. The lowest BCUT2D eigenvalue weighted by Crippen LogP contribution is -2.01. The highest BCUT2D eigenvalue weighted by molar-refractivity contribution is 7.85. The second kappa shape index (κ2) is 3.99. The van der Waals surface area contributed by atoms with Gasteiger partial charge < -0.3 is 0 Å². The van der Waals surface area contributed by atoms with Crippen LogP contribution in [0.25, 0.3) is 0 Å². The van der Waals surface area contributed by atoms with Crippen LogP contribution in [0.1, 0.15) is 0 Å². The van der Waals surface area contributed by atoms with Gasteiger partial charge in [-0.3, -0.25) is 4.55 Å². The first kappa shape index (κ1) is 12.3. The zero-order chi connectivity index (χ0) is 9.35. The van der Waals surface area contributed by atoms with Crippen molar-refractivity contribution < 1.29 is 21.8 Å². The van der Waals surface area contributed by atoms with Gasteiger partial charge in [0.25, 0.3) is 10.1 Å². The zero-order valence-electron chi connectivity index (χ0n) is 6.07. The first-order chi connectivity index (χ1) is 5.41. The lowest BCUT2D eigenvalue weighted by atomic mass is 10.3. The molecule has 13 heavy (non-hydrogen) atoms. The minimum Gasteiger partial charge on any atom is -0.282 e. The summed E-state index contributed by atoms with van der Waals surface area (Å²) >= 11 is 0. The Labute approximate surface area is 79.5 Å². The molecule has 0 saturated heterocycles. The monoisotopic (exact) mass is 230 g/mol. The molecule has 1 rings (SSSR count). The van der Waals surface area contributed by atoms with Gasteiger partial charge in [-0.05, 0) is 18.2 Å². The summed E-state index contributed by atoms with van der Waals surface area (Å²) in [6.07, 6.45) is 0. The van der Waals surface area contributed by atoms with Crippen LogP contribution in [0.2, 0.25) is 0 Å². The minimum absolute atomic E-state index is 0. The highest BCUT2D eigenvalue weighted by atomic mass is 35.5. The van der Waals surface area contributed by atoms with E-state index in [1.54, 1.807) is 0 Å². The van der Waals surface area contributed by atoms with E-state index >= 15 is 0 Å². The quantitative estimate of drug-likeness (QED) is 0.746. The fraction of sp³-hybridized carbons (Fsp3) is 0. The molecule has 74 valence electrons. The summed E-state index contributed by atoms with van der Waals surface area (Å²) in [5.41, 5.74) is 0. The predicted molar refractivity (Wildman–Crippen MR) is 43.4 cm³/mol. The third-order valence-corrected chi connectivity index (χ3v) is 2.04. The number of rotatable bonds is 1. The third kappa shape index (κ3) is 2.91. The molecular weight excluding hydrogens is 226 g/mol. The van der Waals surface area contributed by atoms with Gasteiger partial charge in [0.15, 0.2) is 0 Å². The molecule has 0 aliphatic heterocycles. The molecule has 0 atom stereocenters. The molecule has 0 aliphatic rings. The molecule has 0 spiro atoms. The van der Waals surface area contributed by atoms with Gasteiger partial charge >= 0.3 is 0 Å². The van der Waals surface area contributed by atoms with E-state index in [0.29, 0.717) is 12.1 Å². The molecule has 0 aromatic heterocycles. The topological polar surface area (TPSA) is 54.4 Å². The van der Waals surface area contributed by atoms with Crippen molar-refractivity contribution in [3.8, 4) is 0 Å². The molecule has 0 bridgehead atoms. The Morgan fingerprint density at radius 1 is 1.23 bits per heavy atom. The SMILES string of the molecule is Cl.O=S(=O)(O)c1cc(F)ccc1F. The summed E-state index contributed by atoms with van der Waals surface area (Å²) in [7, 11) is -4.67. The van der Waals surface area contributed by atoms with Crippen LogP contribution < -0.4 is 0 Å². The Kier molecular flexibility index (Phi) is 3.77. The van der Waals surface area contributed by atoms with E-state index in [9.17, 15) is 17.2 Å². The molecule has 0 heterocycles. The molecule has 0 fully saturated rings. The summed E-state index contributed by atoms with van der Waals surface area (Å²) in [5.74, 6) is -2.11. The summed E-state index contributed by atoms with van der Waals surface area (Å²) in [5, 5.41) is 0. The van der Waals surface area contributed by atoms with Crippen LogP contribution >= 0.6 is 12.4 Å². The Hall–Kier alpha value is -0.720. The average molecular weight is 231 g/mol. The normalized spacial score (nSPS) is 10.7. The second-order valence-electron chi connectivity index (χ2n) is 2.05. The van der Waals surface area contributed by atoms with Crippen LogP contribution in [0.4, 0.5) is 8.78 Å². The molecular formula is C6H5ClF2O3S. The maximum atomic E-state index is 12.6. The summed E-state index contributed by atoms with van der Waals surface area (Å²) in [6, 6.07) is 1.78. The first-order valence-corrected chi connectivity index (χ1v) is 4.28. The maximum Gasteiger partial charge on any atom is 0.297 e. The predicted octanol–water partition coefficient (Wildman–Crippen LogP) is 1.63. The van der Waals surface area contributed by atoms with Crippen LogP contribution in [0.5, 0.6) is 0 Å². The van der Waals surface area contributed by atoms with Gasteiger partial charge in [0.2, 0.25) is 0 Å². The van der Waals surface area contributed by atoms with Gasteiger partial charge in [-0.1, -0.05) is 0 Å². The largest absolute Gasteiger partial charge is 0.297 e. The van der Waals surface area contributed by atoms with Crippen LogP contribution in [0.3, 0.4) is 0 Å². The number of hydrogen-bond acceptors (Lipinski definition) is 2. The van der Waals surface area contributed by atoms with E-state index in [1.165, 1.54) is 0 Å². The van der Waals surface area contributed by atoms with Crippen molar-refractivity contribution in [2.75, 3.05) is 0 Å². The van der Waals surface area contributed by atoms with Crippen molar-refractivity contribution in [2.45, 2.75) is 4.90 Å². The highest BCUT2D eigenvalue weighted by Gasteiger charge is 2.15. The van der Waals surface area contributed by atoms with Crippen molar-refractivity contribution >= 4 is 22.5 Å². The minimum atomic E-state index is -4.67. The average Bonchev–Trinajstić information content (AvgIpc) is 1.92. The number of halogens is 3. The van der Waals surface area contributed by atoms with Crippen LogP contribution in [0.15, 0.2) is 23.1 Å². The standard InChI is InChI=1S/C6H4F2O3S.ClH/c7-4-1-2-5(8)6(3-4)12(9,10)11;/h1-3H,(H,9,10,11);1H. The van der Waals surface area contributed by atoms with Crippen molar-refractivity contribution in [2.24, 2.45) is 0 Å². The van der Waals surface area contributed by atoms with E-state index < -0.39 is 26.6 Å². The van der Waals surface area contributed by atoms with Crippen LogP contribution in [-0.2, 0) is 10.1 Å². The molecule has 3 nitrogen and oxygen atoms in total. The molecule has 0 unspecified atom stereocenters. The van der Waals surface area contributed by atoms with Crippen molar-refractivity contribution in [1.82, 2.24) is 0 Å². The first-order valence-electron chi connectivity index (χ1n) is 2.84. The van der Waals surface area contributed by atoms with Gasteiger partial charge in [-0.2, -0.15) is 8.42 Å². The van der Waals surface area contributed by atoms with Gasteiger partial charge in [-0.25, -0.2) is 8.78 Å². The molecule has 1 aromatic carbocycles. The Bertz CT molecular complexity index is 404. The van der Waals surface area contributed by atoms with E-state index in [4.69, 9.17) is 4.55 Å². The molecule has 7 heteroatoms. The fourth-order valence-electron chi connectivity index (χ4n) is 0.675. The van der Waals surface area contributed by atoms with Crippen molar-refractivity contribution in [3.05, 3.63) is 29.8 Å². The van der Waals surface area contributed by atoms with Crippen LogP contribution in [-0.4, -0.2) is 13.0 Å². The van der Waals surface area contributed by atoms with Crippen molar-refractivity contribution in [3.63, 3.8) is 0 Å². The number of benzene rings is 1. The Morgan fingerprint density at radius 3 is 2.15 bits per heavy atom. The zero-order valence-corrected chi connectivity index (χ0v) is 7.70. The third-order valence-electron chi connectivity index (χ3n) is 1.17. The lowest BCUT2D eigenvalue weighted by Gasteiger charge is -1.97. The van der Waals surface area contributed by atoms with Gasteiger partial charge in [-0.15, -0.1) is 12.4 Å². The molecule has 0 amide bonds. The molecule has 0 aliphatic carbocycles. The highest BCUT2D eigenvalue weighted by Crippen LogP contribution is 2.14. The van der Waals surface area contributed by atoms with Crippen molar-refractivity contribution in [1.29, 1.82) is 0 Å². The summed E-state index contributed by atoms with van der Waals surface area (Å²) in [4.78, 5) is -1.05. The van der Waals surface area contributed by atoms with E-state index in [2.05, 4.69) is 0 Å². The van der Waals surface area contributed by atoms with E-state index in [0.717, 1.165) is 6.07 Å². The molecule has 0 saturated carbocycles. The molecule has 1 aromatic rings. The summed E-state index contributed by atoms with van der Waals surface area (Å²) < 4.78 is 54.0. The van der Waals surface area contributed by atoms with Gasteiger partial charge in [0, 0.05) is 0 Å². The van der Waals surface area contributed by atoms with E-state index in [1.807, 2.05) is 0 Å². The maximum absolute atomic E-state index is 12.6. The smallest absolute Gasteiger partial charge is 0.282 e. The van der Waals surface area contributed by atoms with Gasteiger partial charge in [0.05, 0.1) is 0 Å². The lowest BCUT2D eigenvalue weighted by molar-refractivity contribution is 0.470. The summed E-state index contributed by atoms with van der Waals surface area (Å²) in [6.45, 7) is 0. The Morgan fingerprint density at radius 2 is 1.77 bits per heavy atom. The fourth-order valence-corrected chi connectivity index (χ4v) is 1.25. The number of hydrogen-bond donors (Lipinski definition) is 1. The van der Waals surface area contributed by atoms with Gasteiger partial charge in [0.1, 0.15) is 16.5 Å².